The van der Waals surface area contributed by atoms with Gasteiger partial charge in [-0.3, -0.25) is 9.78 Å². The number of hydrogen-bond donors (Lipinski definition) is 1. The lowest BCUT2D eigenvalue weighted by molar-refractivity contribution is 0.686. The number of halogens is 1. The normalized spacial score (nSPS) is 11.3. The number of aryl methyl sites for hydroxylation is 2. The Morgan fingerprint density at radius 3 is 2.71 bits per heavy atom. The minimum Gasteiger partial charge on any atom is -0.278 e. The van der Waals surface area contributed by atoms with Gasteiger partial charge in [-0.05, 0) is 36.8 Å². The highest BCUT2D eigenvalue weighted by Crippen LogP contribution is 2.27. The van der Waals surface area contributed by atoms with Gasteiger partial charge in [0.05, 0.1) is 16.9 Å². The van der Waals surface area contributed by atoms with E-state index in [1.165, 1.54) is 5.56 Å². The van der Waals surface area contributed by atoms with Gasteiger partial charge in [0, 0.05) is 29.4 Å². The van der Waals surface area contributed by atoms with Crippen molar-refractivity contribution < 1.29 is 0 Å². The highest BCUT2D eigenvalue weighted by atomic mass is 35.5. The maximum absolute atomic E-state index is 5.97. The number of fused-ring (bicyclic) bond motifs is 1. The standard InChI is InChI=1S/C18H16ClN5/c1-11-15-10-13(5-8-16(15)21-20-11)18-17(24(2)23-22-18)9-12-3-6-14(19)7-4-12/h3-8,10H,9H2,1-2H3,(H,20,21). The molecule has 0 bridgehead atoms. The molecule has 0 atom stereocenters. The number of hydrogen-bond acceptors (Lipinski definition) is 3. The molecule has 4 aromatic rings. The topological polar surface area (TPSA) is 59.4 Å². The number of rotatable bonds is 3. The van der Waals surface area contributed by atoms with E-state index in [4.69, 9.17) is 11.6 Å². The predicted molar refractivity (Wildman–Crippen MR) is 95.1 cm³/mol. The van der Waals surface area contributed by atoms with Gasteiger partial charge in [-0.15, -0.1) is 5.10 Å². The summed E-state index contributed by atoms with van der Waals surface area (Å²) >= 11 is 5.97. The molecule has 2 aromatic carbocycles. The SMILES string of the molecule is Cc1n[nH]c2ccc(-c3nnn(C)c3Cc3ccc(Cl)cc3)cc12. The summed E-state index contributed by atoms with van der Waals surface area (Å²) in [7, 11) is 1.92. The van der Waals surface area contributed by atoms with Gasteiger partial charge in [0.2, 0.25) is 0 Å². The largest absolute Gasteiger partial charge is 0.278 e. The lowest BCUT2D eigenvalue weighted by Crippen LogP contribution is -2.00. The van der Waals surface area contributed by atoms with Crippen molar-refractivity contribution in [2.45, 2.75) is 13.3 Å². The number of nitrogens with one attached hydrogen (secondary N) is 1. The van der Waals surface area contributed by atoms with Crippen LogP contribution in [-0.2, 0) is 13.5 Å². The molecule has 0 aliphatic rings. The third kappa shape index (κ3) is 2.57. The molecule has 0 saturated heterocycles. The number of benzene rings is 2. The number of H-pyrrole nitrogens is 1. The van der Waals surface area contributed by atoms with Gasteiger partial charge in [0.1, 0.15) is 5.69 Å². The summed E-state index contributed by atoms with van der Waals surface area (Å²) in [6.45, 7) is 1.99. The Kier molecular flexibility index (Phi) is 3.58. The smallest absolute Gasteiger partial charge is 0.116 e. The van der Waals surface area contributed by atoms with Crippen LogP contribution >= 0.6 is 11.6 Å². The second-order valence-corrected chi connectivity index (χ2v) is 6.32. The van der Waals surface area contributed by atoms with Crippen LogP contribution in [0.1, 0.15) is 17.0 Å². The first kappa shape index (κ1) is 14.9. The van der Waals surface area contributed by atoms with Crippen LogP contribution in [0, 0.1) is 6.92 Å². The van der Waals surface area contributed by atoms with Gasteiger partial charge in [0.25, 0.3) is 0 Å². The Bertz CT molecular complexity index is 1010. The third-order valence-electron chi connectivity index (χ3n) is 4.25. The van der Waals surface area contributed by atoms with Crippen LogP contribution in [0.4, 0.5) is 0 Å². The van der Waals surface area contributed by atoms with E-state index >= 15 is 0 Å². The van der Waals surface area contributed by atoms with Crippen LogP contribution in [0.25, 0.3) is 22.2 Å². The molecule has 120 valence electrons. The summed E-state index contributed by atoms with van der Waals surface area (Å²) in [4.78, 5) is 0. The molecule has 0 fully saturated rings. The summed E-state index contributed by atoms with van der Waals surface area (Å²) in [6.07, 6.45) is 0.748. The van der Waals surface area contributed by atoms with E-state index in [2.05, 4.69) is 32.6 Å². The Hall–Kier alpha value is -2.66. The molecule has 6 heteroatoms. The maximum atomic E-state index is 5.97. The van der Waals surface area contributed by atoms with Crippen molar-refractivity contribution in [1.82, 2.24) is 25.2 Å². The Balaban J connectivity index is 1.77. The molecule has 0 radical (unpaired) electrons. The van der Waals surface area contributed by atoms with Gasteiger partial charge >= 0.3 is 0 Å². The first-order chi connectivity index (χ1) is 11.6. The van der Waals surface area contributed by atoms with Crippen molar-refractivity contribution in [3.05, 3.63) is 64.4 Å². The van der Waals surface area contributed by atoms with E-state index in [9.17, 15) is 0 Å². The van der Waals surface area contributed by atoms with E-state index in [0.29, 0.717) is 0 Å². The molecule has 0 aliphatic heterocycles. The fraction of sp³-hybridized carbons (Fsp3) is 0.167. The van der Waals surface area contributed by atoms with Crippen molar-refractivity contribution in [3.8, 4) is 11.3 Å². The number of aromatic nitrogens is 5. The zero-order valence-corrected chi connectivity index (χ0v) is 14.2. The molecule has 0 unspecified atom stereocenters. The van der Waals surface area contributed by atoms with Crippen LogP contribution in [-0.4, -0.2) is 25.2 Å². The third-order valence-corrected chi connectivity index (χ3v) is 4.51. The molecular formula is C18H16ClN5. The fourth-order valence-corrected chi connectivity index (χ4v) is 3.01. The summed E-state index contributed by atoms with van der Waals surface area (Å²) in [5.41, 5.74) is 6.19. The van der Waals surface area contributed by atoms with E-state index < -0.39 is 0 Å². The molecule has 0 saturated carbocycles. The van der Waals surface area contributed by atoms with Gasteiger partial charge in [0.15, 0.2) is 0 Å². The molecule has 4 rings (SSSR count). The Morgan fingerprint density at radius 1 is 1.12 bits per heavy atom. The quantitative estimate of drug-likeness (QED) is 0.616. The zero-order chi connectivity index (χ0) is 16.7. The van der Waals surface area contributed by atoms with Gasteiger partial charge < -0.3 is 0 Å². The Labute approximate surface area is 144 Å². The highest BCUT2D eigenvalue weighted by molar-refractivity contribution is 6.30. The van der Waals surface area contributed by atoms with Crippen molar-refractivity contribution in [2.24, 2.45) is 7.05 Å². The molecular weight excluding hydrogens is 322 g/mol. The average molecular weight is 338 g/mol. The van der Waals surface area contributed by atoms with E-state index in [1.54, 1.807) is 0 Å². The Morgan fingerprint density at radius 2 is 1.92 bits per heavy atom. The lowest BCUT2D eigenvalue weighted by Gasteiger charge is -2.06. The van der Waals surface area contributed by atoms with Crippen molar-refractivity contribution in [2.75, 3.05) is 0 Å². The maximum Gasteiger partial charge on any atom is 0.116 e. The van der Waals surface area contributed by atoms with Gasteiger partial charge in [-0.1, -0.05) is 35.0 Å². The summed E-state index contributed by atoms with van der Waals surface area (Å²) < 4.78 is 1.83. The predicted octanol–water partition coefficient (Wildman–Crippen LogP) is 3.91. The molecule has 2 heterocycles. The molecule has 0 amide bonds. The molecule has 5 nitrogen and oxygen atoms in total. The summed E-state index contributed by atoms with van der Waals surface area (Å²) in [6, 6.07) is 14.1. The molecule has 2 aromatic heterocycles. The molecule has 1 N–H and O–H groups in total. The van der Waals surface area contributed by atoms with Crippen molar-refractivity contribution in [3.63, 3.8) is 0 Å². The average Bonchev–Trinajstić information content (AvgIpc) is 3.13. The van der Waals surface area contributed by atoms with Gasteiger partial charge in [-0.25, -0.2) is 0 Å². The zero-order valence-electron chi connectivity index (χ0n) is 13.4. The minimum absolute atomic E-state index is 0.739. The first-order valence-corrected chi connectivity index (χ1v) is 8.08. The fourth-order valence-electron chi connectivity index (χ4n) is 2.89. The lowest BCUT2D eigenvalue weighted by atomic mass is 10.0. The summed E-state index contributed by atoms with van der Waals surface area (Å²) in [5.74, 6) is 0. The number of aromatic amines is 1. The molecule has 24 heavy (non-hydrogen) atoms. The molecule has 0 spiro atoms. The highest BCUT2D eigenvalue weighted by Gasteiger charge is 2.14. The second-order valence-electron chi connectivity index (χ2n) is 5.88. The van der Waals surface area contributed by atoms with Crippen LogP contribution in [0.2, 0.25) is 5.02 Å². The van der Waals surface area contributed by atoms with Crippen LogP contribution in [0.15, 0.2) is 42.5 Å². The van der Waals surface area contributed by atoms with Crippen LogP contribution < -0.4 is 0 Å². The monoisotopic (exact) mass is 337 g/mol. The van der Waals surface area contributed by atoms with Gasteiger partial charge in [-0.2, -0.15) is 5.10 Å². The number of nitrogens with zero attached hydrogens (tertiary/aromatic N) is 4. The van der Waals surface area contributed by atoms with Crippen molar-refractivity contribution in [1.29, 1.82) is 0 Å². The van der Waals surface area contributed by atoms with Crippen LogP contribution in [0.3, 0.4) is 0 Å². The summed E-state index contributed by atoms with van der Waals surface area (Å²) in [5, 5.41) is 17.7. The van der Waals surface area contributed by atoms with E-state index in [-0.39, 0.29) is 0 Å². The first-order valence-electron chi connectivity index (χ1n) is 7.70. The van der Waals surface area contributed by atoms with Crippen molar-refractivity contribution >= 4 is 22.5 Å². The van der Waals surface area contributed by atoms with Crippen LogP contribution in [0.5, 0.6) is 0 Å². The molecule has 0 aliphatic carbocycles. The second kappa shape index (κ2) is 5.76. The minimum atomic E-state index is 0.739. The van der Waals surface area contributed by atoms with E-state index in [0.717, 1.165) is 45.0 Å². The van der Waals surface area contributed by atoms with E-state index in [1.807, 2.05) is 49.0 Å².